The number of rotatable bonds is 3. The fourth-order valence-corrected chi connectivity index (χ4v) is 4.98. The van der Waals surface area contributed by atoms with Crippen LogP contribution in [0.15, 0.2) is 24.3 Å². The van der Waals surface area contributed by atoms with Crippen LogP contribution < -0.4 is 5.32 Å². The molecule has 0 spiro atoms. The topological polar surface area (TPSA) is 63.2 Å². The van der Waals surface area contributed by atoms with E-state index >= 15 is 0 Å². The summed E-state index contributed by atoms with van der Waals surface area (Å²) in [5.41, 5.74) is 0.466. The van der Waals surface area contributed by atoms with Crippen molar-refractivity contribution in [2.45, 2.75) is 37.1 Å². The minimum Gasteiger partial charge on any atom is -0.352 e. The third kappa shape index (κ3) is 2.81. The Labute approximate surface area is 129 Å². The fraction of sp³-hybridized carbons (Fsp3) is 0.533. The predicted molar refractivity (Wildman–Crippen MR) is 82.2 cm³/mol. The molecule has 1 aliphatic heterocycles. The molecule has 1 amide bonds. The second kappa shape index (κ2) is 5.29. The van der Waals surface area contributed by atoms with Gasteiger partial charge in [0.15, 0.2) is 9.84 Å². The van der Waals surface area contributed by atoms with Gasteiger partial charge in [-0.25, -0.2) is 8.42 Å². The molecule has 1 saturated carbocycles. The largest absolute Gasteiger partial charge is 0.352 e. The average molecular weight is 328 g/mol. The van der Waals surface area contributed by atoms with Crippen LogP contribution in [0.5, 0.6) is 0 Å². The second-order valence-corrected chi connectivity index (χ2v) is 8.68. The third-order valence-electron chi connectivity index (χ3n) is 4.61. The van der Waals surface area contributed by atoms with Gasteiger partial charge < -0.3 is 5.32 Å². The lowest BCUT2D eigenvalue weighted by Gasteiger charge is -2.41. The normalized spacial score (nSPS) is 26.0. The summed E-state index contributed by atoms with van der Waals surface area (Å²) in [7, 11) is -2.98. The molecule has 114 valence electrons. The molecule has 21 heavy (non-hydrogen) atoms. The van der Waals surface area contributed by atoms with Gasteiger partial charge in [0.1, 0.15) is 0 Å². The van der Waals surface area contributed by atoms with E-state index in [4.69, 9.17) is 11.6 Å². The molecule has 1 aromatic carbocycles. The van der Waals surface area contributed by atoms with Crippen molar-refractivity contribution >= 4 is 27.3 Å². The van der Waals surface area contributed by atoms with Crippen LogP contribution >= 0.6 is 11.6 Å². The van der Waals surface area contributed by atoms with Gasteiger partial charge in [-0.15, -0.1) is 0 Å². The lowest BCUT2D eigenvalue weighted by molar-refractivity contribution is -0.130. The minimum atomic E-state index is -2.98. The maximum absolute atomic E-state index is 12.7. The Balaban J connectivity index is 1.77. The number of hydrogen-bond donors (Lipinski definition) is 1. The van der Waals surface area contributed by atoms with Crippen LogP contribution in [0.3, 0.4) is 0 Å². The van der Waals surface area contributed by atoms with E-state index in [9.17, 15) is 13.2 Å². The molecule has 1 unspecified atom stereocenters. The van der Waals surface area contributed by atoms with Crippen LogP contribution in [0.4, 0.5) is 0 Å². The van der Waals surface area contributed by atoms with Crippen LogP contribution in [0.1, 0.15) is 31.2 Å². The Morgan fingerprint density at radius 3 is 2.38 bits per heavy atom. The molecule has 1 heterocycles. The zero-order valence-electron chi connectivity index (χ0n) is 11.6. The highest BCUT2D eigenvalue weighted by Gasteiger charge is 2.46. The van der Waals surface area contributed by atoms with Crippen molar-refractivity contribution in [3.05, 3.63) is 34.9 Å². The van der Waals surface area contributed by atoms with Crippen molar-refractivity contribution in [3.63, 3.8) is 0 Å². The highest BCUT2D eigenvalue weighted by atomic mass is 35.5. The van der Waals surface area contributed by atoms with Crippen LogP contribution in [-0.4, -0.2) is 31.9 Å². The predicted octanol–water partition coefficient (Wildman–Crippen LogP) is 2.07. The summed E-state index contributed by atoms with van der Waals surface area (Å²) in [4.78, 5) is 12.7. The monoisotopic (exact) mass is 327 g/mol. The van der Waals surface area contributed by atoms with Gasteiger partial charge >= 0.3 is 0 Å². The van der Waals surface area contributed by atoms with Crippen LogP contribution in [0.2, 0.25) is 5.02 Å². The molecule has 6 heteroatoms. The molecule has 0 aromatic heterocycles. The van der Waals surface area contributed by atoms with Crippen molar-refractivity contribution in [1.29, 1.82) is 0 Å². The molecule has 0 radical (unpaired) electrons. The van der Waals surface area contributed by atoms with Crippen molar-refractivity contribution in [2.75, 3.05) is 11.5 Å². The first-order valence-electron chi connectivity index (χ1n) is 7.19. The molecule has 2 fully saturated rings. The van der Waals surface area contributed by atoms with Crippen molar-refractivity contribution in [2.24, 2.45) is 0 Å². The minimum absolute atomic E-state index is 0.0434. The lowest BCUT2D eigenvalue weighted by atomic mass is 9.63. The van der Waals surface area contributed by atoms with E-state index in [0.29, 0.717) is 11.4 Å². The summed E-state index contributed by atoms with van der Waals surface area (Å²) >= 11 is 5.90. The Morgan fingerprint density at radius 2 is 1.90 bits per heavy atom. The number of benzene rings is 1. The zero-order chi connectivity index (χ0) is 15.1. The van der Waals surface area contributed by atoms with Crippen molar-refractivity contribution in [1.82, 2.24) is 5.32 Å². The number of nitrogens with one attached hydrogen (secondary N) is 1. The number of amides is 1. The molecule has 2 aliphatic rings. The summed E-state index contributed by atoms with van der Waals surface area (Å²) < 4.78 is 23.0. The summed E-state index contributed by atoms with van der Waals surface area (Å²) in [6.45, 7) is 0. The first-order chi connectivity index (χ1) is 9.91. The Hall–Kier alpha value is -1.07. The molecule has 1 atom stereocenters. The third-order valence-corrected chi connectivity index (χ3v) is 6.63. The number of sulfone groups is 1. The maximum Gasteiger partial charge on any atom is 0.230 e. The van der Waals surface area contributed by atoms with Gasteiger partial charge in [0, 0.05) is 11.1 Å². The SMILES string of the molecule is O=C(NC1CCS(=O)(=O)C1)C1(c2ccc(Cl)cc2)CCC1. The standard InChI is InChI=1S/C15H18ClNO3S/c16-12-4-2-11(3-5-12)15(7-1-8-15)14(18)17-13-6-9-21(19,20)10-13/h2-5,13H,1,6-10H2,(H,17,18). The molecule has 1 aliphatic carbocycles. The fourth-order valence-electron chi connectivity index (χ4n) is 3.18. The van der Waals surface area contributed by atoms with Crippen LogP contribution in [0.25, 0.3) is 0 Å². The molecule has 0 bridgehead atoms. The Bertz CT molecular complexity index is 650. The molecular weight excluding hydrogens is 310 g/mol. The Morgan fingerprint density at radius 1 is 1.24 bits per heavy atom. The summed E-state index contributed by atoms with van der Waals surface area (Å²) in [5, 5.41) is 3.59. The number of carbonyl (C=O) groups is 1. The first kappa shape index (κ1) is 14.9. The summed E-state index contributed by atoms with van der Waals surface area (Å²) in [6, 6.07) is 7.14. The molecule has 1 N–H and O–H groups in total. The van der Waals surface area contributed by atoms with Crippen LogP contribution in [0, 0.1) is 0 Å². The molecule has 3 rings (SSSR count). The second-order valence-electron chi connectivity index (χ2n) is 6.02. The van der Waals surface area contributed by atoms with Gasteiger partial charge in [-0.2, -0.15) is 0 Å². The quantitative estimate of drug-likeness (QED) is 0.924. The highest BCUT2D eigenvalue weighted by molar-refractivity contribution is 7.91. The first-order valence-corrected chi connectivity index (χ1v) is 9.39. The smallest absolute Gasteiger partial charge is 0.230 e. The van der Waals surface area contributed by atoms with E-state index in [1.807, 2.05) is 12.1 Å². The van der Waals surface area contributed by atoms with Crippen molar-refractivity contribution in [3.8, 4) is 0 Å². The molecule has 4 nitrogen and oxygen atoms in total. The van der Waals surface area contributed by atoms with Gasteiger partial charge in [-0.3, -0.25) is 4.79 Å². The number of halogens is 1. The summed E-state index contributed by atoms with van der Waals surface area (Å²) in [5.74, 6) is 0.194. The van der Waals surface area contributed by atoms with Gasteiger partial charge in [-0.05, 0) is 37.0 Å². The van der Waals surface area contributed by atoms with Crippen LogP contribution in [-0.2, 0) is 20.0 Å². The Kier molecular flexibility index (Phi) is 3.74. The lowest BCUT2D eigenvalue weighted by Crippen LogP contribution is -2.52. The van der Waals surface area contributed by atoms with E-state index in [1.165, 1.54) is 0 Å². The van der Waals surface area contributed by atoms with E-state index in [2.05, 4.69) is 5.32 Å². The van der Waals surface area contributed by atoms with E-state index in [1.54, 1.807) is 12.1 Å². The van der Waals surface area contributed by atoms with E-state index < -0.39 is 15.3 Å². The van der Waals surface area contributed by atoms with E-state index in [0.717, 1.165) is 24.8 Å². The summed E-state index contributed by atoms with van der Waals surface area (Å²) in [6.07, 6.45) is 3.14. The zero-order valence-corrected chi connectivity index (χ0v) is 13.2. The van der Waals surface area contributed by atoms with Crippen molar-refractivity contribution < 1.29 is 13.2 Å². The molecule has 1 aromatic rings. The molecule has 1 saturated heterocycles. The maximum atomic E-state index is 12.7. The van der Waals surface area contributed by atoms with Gasteiger partial charge in [-0.1, -0.05) is 30.2 Å². The highest BCUT2D eigenvalue weighted by Crippen LogP contribution is 2.44. The van der Waals surface area contributed by atoms with Gasteiger partial charge in [0.05, 0.1) is 16.9 Å². The van der Waals surface area contributed by atoms with E-state index in [-0.39, 0.29) is 23.5 Å². The average Bonchev–Trinajstić information content (AvgIpc) is 2.69. The number of hydrogen-bond acceptors (Lipinski definition) is 3. The van der Waals surface area contributed by atoms with Gasteiger partial charge in [0.25, 0.3) is 0 Å². The van der Waals surface area contributed by atoms with Gasteiger partial charge in [0.2, 0.25) is 5.91 Å². The molecular formula is C15H18ClNO3S. The number of carbonyl (C=O) groups excluding carboxylic acids is 1.